The van der Waals surface area contributed by atoms with E-state index in [2.05, 4.69) is 15.6 Å². The van der Waals surface area contributed by atoms with Crippen molar-refractivity contribution in [2.45, 2.75) is 0 Å². The fourth-order valence-corrected chi connectivity index (χ4v) is 2.52. The lowest BCUT2D eigenvalue weighted by molar-refractivity contribution is -0.119. The number of hydrogen-bond acceptors (Lipinski definition) is 6. The molecule has 148 valence electrons. The number of carbonyl (C=O) groups excluding carboxylic acids is 2. The highest BCUT2D eigenvalue weighted by Crippen LogP contribution is 2.27. The quantitative estimate of drug-likeness (QED) is 0.592. The summed E-state index contributed by atoms with van der Waals surface area (Å²) in [7, 11) is 1.53. The molecule has 0 saturated heterocycles. The molecule has 0 atom stereocenters. The van der Waals surface area contributed by atoms with E-state index in [9.17, 15) is 14.0 Å². The molecular formula is C21H18FN3O4. The number of hydrogen-bond donors (Lipinski definition) is 2. The van der Waals surface area contributed by atoms with Crippen LogP contribution in [0.4, 0.5) is 21.6 Å². The number of esters is 1. The molecule has 0 fully saturated rings. The van der Waals surface area contributed by atoms with Crippen molar-refractivity contribution in [3.8, 4) is 5.75 Å². The first-order valence-corrected chi connectivity index (χ1v) is 8.64. The molecule has 1 aromatic heterocycles. The van der Waals surface area contributed by atoms with Crippen molar-refractivity contribution in [2.75, 3.05) is 24.4 Å². The molecule has 0 aliphatic carbocycles. The molecule has 0 unspecified atom stereocenters. The number of rotatable bonds is 7. The summed E-state index contributed by atoms with van der Waals surface area (Å²) < 4.78 is 23.5. The minimum Gasteiger partial charge on any atom is -0.495 e. The van der Waals surface area contributed by atoms with E-state index in [1.54, 1.807) is 18.2 Å². The van der Waals surface area contributed by atoms with Gasteiger partial charge in [-0.25, -0.2) is 14.2 Å². The molecule has 8 heteroatoms. The number of para-hydroxylation sites is 2. The van der Waals surface area contributed by atoms with Crippen LogP contribution in [0.25, 0.3) is 0 Å². The van der Waals surface area contributed by atoms with Gasteiger partial charge in [0.25, 0.3) is 5.91 Å². The zero-order valence-electron chi connectivity index (χ0n) is 15.5. The third-order valence-corrected chi connectivity index (χ3v) is 3.83. The van der Waals surface area contributed by atoms with Crippen LogP contribution in [-0.2, 0) is 9.53 Å². The molecule has 29 heavy (non-hydrogen) atoms. The molecule has 3 aromatic rings. The summed E-state index contributed by atoms with van der Waals surface area (Å²) in [5.74, 6) is -0.973. The van der Waals surface area contributed by atoms with Crippen LogP contribution in [0, 0.1) is 5.82 Å². The summed E-state index contributed by atoms with van der Waals surface area (Å²) in [5, 5.41) is 5.48. The van der Waals surface area contributed by atoms with Crippen LogP contribution in [0.1, 0.15) is 10.4 Å². The number of anilines is 3. The fraction of sp³-hybridized carbons (Fsp3) is 0.0952. The molecular weight excluding hydrogens is 377 g/mol. The van der Waals surface area contributed by atoms with Crippen LogP contribution in [0.2, 0.25) is 0 Å². The van der Waals surface area contributed by atoms with Crippen molar-refractivity contribution in [1.29, 1.82) is 0 Å². The first kappa shape index (κ1) is 19.8. The lowest BCUT2D eigenvalue weighted by atomic mass is 10.2. The Morgan fingerprint density at radius 3 is 2.69 bits per heavy atom. The third-order valence-electron chi connectivity index (χ3n) is 3.83. The number of carbonyl (C=O) groups is 2. The summed E-state index contributed by atoms with van der Waals surface area (Å²) in [4.78, 5) is 28.6. The van der Waals surface area contributed by atoms with E-state index >= 15 is 0 Å². The van der Waals surface area contributed by atoms with Gasteiger partial charge in [0.2, 0.25) is 0 Å². The van der Waals surface area contributed by atoms with E-state index in [-0.39, 0.29) is 17.1 Å². The molecule has 0 aliphatic rings. The van der Waals surface area contributed by atoms with Gasteiger partial charge < -0.3 is 20.1 Å². The molecule has 3 rings (SSSR count). The van der Waals surface area contributed by atoms with Crippen molar-refractivity contribution in [2.24, 2.45) is 0 Å². The first-order valence-electron chi connectivity index (χ1n) is 8.64. The smallest absolute Gasteiger partial charge is 0.342 e. The van der Waals surface area contributed by atoms with Crippen LogP contribution in [0.5, 0.6) is 5.75 Å². The number of nitrogens with zero attached hydrogens (tertiary/aromatic N) is 1. The van der Waals surface area contributed by atoms with Crippen LogP contribution in [0.3, 0.4) is 0 Å². The predicted molar refractivity (Wildman–Crippen MR) is 106 cm³/mol. The van der Waals surface area contributed by atoms with Gasteiger partial charge in [0.05, 0.1) is 12.8 Å². The van der Waals surface area contributed by atoms with Gasteiger partial charge in [-0.05, 0) is 42.5 Å². The number of nitrogens with one attached hydrogen (secondary N) is 2. The molecule has 2 N–H and O–H groups in total. The van der Waals surface area contributed by atoms with Crippen LogP contribution in [0.15, 0.2) is 66.9 Å². The SMILES string of the molecule is COc1ccccc1Nc1ncccc1C(=O)OCC(=O)Nc1cccc(F)c1. The van der Waals surface area contributed by atoms with E-state index < -0.39 is 24.3 Å². The van der Waals surface area contributed by atoms with Crippen molar-refractivity contribution in [1.82, 2.24) is 4.98 Å². The number of methoxy groups -OCH3 is 1. The van der Waals surface area contributed by atoms with Crippen LogP contribution >= 0.6 is 0 Å². The highest BCUT2D eigenvalue weighted by Gasteiger charge is 2.16. The van der Waals surface area contributed by atoms with Crippen molar-refractivity contribution >= 4 is 29.1 Å². The molecule has 0 radical (unpaired) electrons. The van der Waals surface area contributed by atoms with Gasteiger partial charge in [0.1, 0.15) is 22.9 Å². The maximum absolute atomic E-state index is 13.2. The highest BCUT2D eigenvalue weighted by molar-refractivity contribution is 5.98. The van der Waals surface area contributed by atoms with E-state index in [0.717, 1.165) is 6.07 Å². The second kappa shape index (κ2) is 9.32. The molecule has 1 amide bonds. The maximum atomic E-state index is 13.2. The average Bonchev–Trinajstić information content (AvgIpc) is 2.73. The van der Waals surface area contributed by atoms with Crippen molar-refractivity contribution in [3.05, 3.63) is 78.2 Å². The summed E-state index contributed by atoms with van der Waals surface area (Å²) >= 11 is 0. The molecule has 7 nitrogen and oxygen atoms in total. The minimum absolute atomic E-state index is 0.150. The van der Waals surface area contributed by atoms with E-state index in [1.165, 1.54) is 37.6 Å². The Hall–Kier alpha value is -3.94. The second-order valence-corrected chi connectivity index (χ2v) is 5.86. The number of amides is 1. The number of pyridine rings is 1. The standard InChI is InChI=1S/C21H18FN3O4/c1-28-18-10-3-2-9-17(18)25-20-16(8-5-11-23-20)21(27)29-13-19(26)24-15-7-4-6-14(22)12-15/h2-12H,13H2,1H3,(H,23,25)(H,24,26). The number of aromatic nitrogens is 1. The number of ether oxygens (including phenoxy) is 2. The molecule has 0 bridgehead atoms. The third kappa shape index (κ3) is 5.29. The van der Waals surface area contributed by atoms with Gasteiger partial charge in [-0.3, -0.25) is 4.79 Å². The second-order valence-electron chi connectivity index (χ2n) is 5.86. The summed E-state index contributed by atoms with van der Waals surface area (Å²) in [6, 6.07) is 15.7. The summed E-state index contributed by atoms with van der Waals surface area (Å²) in [5.41, 5.74) is 1.04. The molecule has 0 saturated carbocycles. The zero-order chi connectivity index (χ0) is 20.6. The number of benzene rings is 2. The van der Waals surface area contributed by atoms with E-state index in [0.29, 0.717) is 11.4 Å². The average molecular weight is 395 g/mol. The van der Waals surface area contributed by atoms with Gasteiger partial charge in [-0.1, -0.05) is 18.2 Å². The van der Waals surface area contributed by atoms with Gasteiger partial charge >= 0.3 is 5.97 Å². The lowest BCUT2D eigenvalue weighted by Crippen LogP contribution is -2.21. The molecule has 0 aliphatic heterocycles. The normalized spacial score (nSPS) is 10.1. The summed E-state index contributed by atoms with van der Waals surface area (Å²) in [6.07, 6.45) is 1.52. The minimum atomic E-state index is -0.732. The molecule has 0 spiro atoms. The monoisotopic (exact) mass is 395 g/mol. The van der Waals surface area contributed by atoms with Gasteiger partial charge in [-0.15, -0.1) is 0 Å². The first-order chi connectivity index (χ1) is 14.1. The van der Waals surface area contributed by atoms with E-state index in [1.807, 2.05) is 12.1 Å². The Morgan fingerprint density at radius 2 is 1.90 bits per heavy atom. The van der Waals surface area contributed by atoms with Gasteiger partial charge in [-0.2, -0.15) is 0 Å². The van der Waals surface area contributed by atoms with Gasteiger partial charge in [0, 0.05) is 11.9 Å². The predicted octanol–water partition coefficient (Wildman–Crippen LogP) is 3.77. The van der Waals surface area contributed by atoms with Gasteiger partial charge in [0.15, 0.2) is 6.61 Å². The summed E-state index contributed by atoms with van der Waals surface area (Å²) in [6.45, 7) is -0.529. The Balaban J connectivity index is 1.66. The van der Waals surface area contributed by atoms with Crippen molar-refractivity contribution < 1.29 is 23.5 Å². The zero-order valence-corrected chi connectivity index (χ0v) is 15.5. The van der Waals surface area contributed by atoms with Crippen LogP contribution in [-0.4, -0.2) is 30.6 Å². The maximum Gasteiger partial charge on any atom is 0.342 e. The largest absolute Gasteiger partial charge is 0.495 e. The highest BCUT2D eigenvalue weighted by atomic mass is 19.1. The van der Waals surface area contributed by atoms with Crippen LogP contribution < -0.4 is 15.4 Å². The molecule has 1 heterocycles. The van der Waals surface area contributed by atoms with Crippen molar-refractivity contribution in [3.63, 3.8) is 0 Å². The fourth-order valence-electron chi connectivity index (χ4n) is 2.52. The topological polar surface area (TPSA) is 89.6 Å². The molecule has 2 aromatic carbocycles. The number of halogens is 1. The Bertz CT molecular complexity index is 1030. The van der Waals surface area contributed by atoms with E-state index in [4.69, 9.17) is 9.47 Å². The Kier molecular flexibility index (Phi) is 6.36. The lowest BCUT2D eigenvalue weighted by Gasteiger charge is -2.13. The Labute approximate surface area is 166 Å². The Morgan fingerprint density at radius 1 is 1.07 bits per heavy atom.